The highest BCUT2D eigenvalue weighted by molar-refractivity contribution is 5.67. The molecule has 1 saturated heterocycles. The molecule has 0 bridgehead atoms. The quantitative estimate of drug-likeness (QED) is 0.774. The van der Waals surface area contributed by atoms with Crippen LogP contribution in [0, 0.1) is 5.92 Å². The Morgan fingerprint density at radius 1 is 1.20 bits per heavy atom. The van der Waals surface area contributed by atoms with Crippen LogP contribution in [-0.2, 0) is 4.79 Å². The number of aliphatic carboxylic acids is 1. The van der Waals surface area contributed by atoms with E-state index >= 15 is 0 Å². The van der Waals surface area contributed by atoms with Gasteiger partial charge in [-0.1, -0.05) is 12.8 Å². The van der Waals surface area contributed by atoms with Gasteiger partial charge < -0.3 is 5.11 Å². The summed E-state index contributed by atoms with van der Waals surface area (Å²) in [6.45, 7) is 2.27. The van der Waals surface area contributed by atoms with Gasteiger partial charge in [-0.3, -0.25) is 9.69 Å². The molecule has 2 aliphatic rings. The zero-order valence-electron chi connectivity index (χ0n) is 9.32. The molecule has 15 heavy (non-hydrogen) atoms. The fourth-order valence-corrected chi connectivity index (χ4v) is 2.74. The third kappa shape index (κ3) is 2.94. The maximum atomic E-state index is 10.8. The molecular formula is C12H21NO2. The monoisotopic (exact) mass is 211 g/mol. The molecule has 1 aliphatic heterocycles. The van der Waals surface area contributed by atoms with E-state index in [4.69, 9.17) is 5.11 Å². The average Bonchev–Trinajstić information content (AvgIpc) is 2.13. The number of hydrogen-bond acceptors (Lipinski definition) is 2. The SMILES string of the molecule is O=C(O)CC1CCCCN1CC1CCC1. The van der Waals surface area contributed by atoms with E-state index in [-0.39, 0.29) is 0 Å². The number of carboxylic acids is 1. The molecule has 3 heteroatoms. The molecule has 2 rings (SSSR count). The van der Waals surface area contributed by atoms with Crippen LogP contribution in [0.15, 0.2) is 0 Å². The lowest BCUT2D eigenvalue weighted by Gasteiger charge is -2.39. The van der Waals surface area contributed by atoms with Gasteiger partial charge in [0.1, 0.15) is 0 Å². The van der Waals surface area contributed by atoms with E-state index < -0.39 is 5.97 Å². The number of piperidine rings is 1. The second-order valence-electron chi connectivity index (χ2n) is 5.04. The van der Waals surface area contributed by atoms with Crippen molar-refractivity contribution >= 4 is 5.97 Å². The maximum Gasteiger partial charge on any atom is 0.304 e. The highest BCUT2D eigenvalue weighted by Gasteiger charge is 2.28. The summed E-state index contributed by atoms with van der Waals surface area (Å²) in [6, 6.07) is 0.317. The Bertz CT molecular complexity index is 226. The van der Waals surface area contributed by atoms with E-state index in [1.54, 1.807) is 0 Å². The molecule has 3 nitrogen and oxygen atoms in total. The zero-order valence-corrected chi connectivity index (χ0v) is 9.32. The van der Waals surface area contributed by atoms with Crippen LogP contribution in [0.3, 0.4) is 0 Å². The lowest BCUT2D eigenvalue weighted by molar-refractivity contribution is -0.138. The molecule has 0 radical (unpaired) electrons. The normalized spacial score (nSPS) is 28.7. The van der Waals surface area contributed by atoms with E-state index in [1.807, 2.05) is 0 Å². The summed E-state index contributed by atoms with van der Waals surface area (Å²) in [5.74, 6) is 0.222. The van der Waals surface area contributed by atoms with Crippen molar-refractivity contribution in [3.63, 3.8) is 0 Å². The van der Waals surface area contributed by atoms with Crippen molar-refractivity contribution in [3.8, 4) is 0 Å². The van der Waals surface area contributed by atoms with E-state index in [0.29, 0.717) is 12.5 Å². The maximum absolute atomic E-state index is 10.8. The number of rotatable bonds is 4. The van der Waals surface area contributed by atoms with Crippen LogP contribution in [-0.4, -0.2) is 35.1 Å². The van der Waals surface area contributed by atoms with Gasteiger partial charge in [-0.25, -0.2) is 0 Å². The number of carboxylic acid groups (broad SMARTS) is 1. The molecule has 0 spiro atoms. The molecule has 1 unspecified atom stereocenters. The molecule has 2 fully saturated rings. The van der Waals surface area contributed by atoms with Gasteiger partial charge in [-0.15, -0.1) is 0 Å². The summed E-state index contributed by atoms with van der Waals surface area (Å²) >= 11 is 0. The van der Waals surface area contributed by atoms with Crippen LogP contribution in [0.5, 0.6) is 0 Å². The van der Waals surface area contributed by atoms with Gasteiger partial charge in [-0.05, 0) is 38.1 Å². The average molecular weight is 211 g/mol. The summed E-state index contributed by atoms with van der Waals surface area (Å²) in [6.07, 6.45) is 7.97. The van der Waals surface area contributed by atoms with Crippen molar-refractivity contribution in [1.82, 2.24) is 4.90 Å². The van der Waals surface area contributed by atoms with Gasteiger partial charge in [-0.2, -0.15) is 0 Å². The first-order valence-corrected chi connectivity index (χ1v) is 6.21. The standard InChI is InChI=1S/C12H21NO2/c14-12(15)8-11-6-1-2-7-13(11)9-10-4-3-5-10/h10-11H,1-9H2,(H,14,15). The summed E-state index contributed by atoms with van der Waals surface area (Å²) in [5.41, 5.74) is 0. The third-order valence-electron chi connectivity index (χ3n) is 3.88. The zero-order chi connectivity index (χ0) is 10.7. The first kappa shape index (κ1) is 10.9. The summed E-state index contributed by atoms with van der Waals surface area (Å²) in [5, 5.41) is 8.86. The molecule has 0 aromatic rings. The summed E-state index contributed by atoms with van der Waals surface area (Å²) < 4.78 is 0. The fraction of sp³-hybridized carbons (Fsp3) is 0.917. The Labute approximate surface area is 91.5 Å². The Kier molecular flexibility index (Phi) is 3.62. The lowest BCUT2D eigenvalue weighted by Crippen LogP contribution is -2.44. The van der Waals surface area contributed by atoms with E-state index in [9.17, 15) is 4.79 Å². The Morgan fingerprint density at radius 3 is 2.60 bits per heavy atom. The first-order chi connectivity index (χ1) is 7.25. The number of likely N-dealkylation sites (tertiary alicyclic amines) is 1. The fourth-order valence-electron chi connectivity index (χ4n) is 2.74. The molecule has 0 aromatic heterocycles. The Morgan fingerprint density at radius 2 is 2.00 bits per heavy atom. The van der Waals surface area contributed by atoms with Gasteiger partial charge in [0, 0.05) is 12.6 Å². The summed E-state index contributed by atoms with van der Waals surface area (Å²) in [4.78, 5) is 13.2. The predicted octanol–water partition coefficient (Wildman–Crippen LogP) is 2.12. The number of hydrogen-bond donors (Lipinski definition) is 1. The van der Waals surface area contributed by atoms with Gasteiger partial charge in [0.2, 0.25) is 0 Å². The van der Waals surface area contributed by atoms with Crippen molar-refractivity contribution in [2.24, 2.45) is 5.92 Å². The second-order valence-corrected chi connectivity index (χ2v) is 5.04. The number of nitrogens with zero attached hydrogens (tertiary/aromatic N) is 1. The van der Waals surface area contributed by atoms with Crippen LogP contribution < -0.4 is 0 Å². The number of carbonyl (C=O) groups is 1. The molecule has 0 amide bonds. The van der Waals surface area contributed by atoms with Crippen LogP contribution >= 0.6 is 0 Å². The lowest BCUT2D eigenvalue weighted by atomic mass is 9.84. The van der Waals surface area contributed by atoms with Gasteiger partial charge in [0.25, 0.3) is 0 Å². The minimum Gasteiger partial charge on any atom is -0.481 e. The molecule has 1 saturated carbocycles. The van der Waals surface area contributed by atoms with Crippen molar-refractivity contribution in [3.05, 3.63) is 0 Å². The molecule has 86 valence electrons. The van der Waals surface area contributed by atoms with Crippen molar-refractivity contribution in [1.29, 1.82) is 0 Å². The topological polar surface area (TPSA) is 40.5 Å². The Balaban J connectivity index is 1.83. The van der Waals surface area contributed by atoms with Crippen LogP contribution in [0.1, 0.15) is 44.9 Å². The molecular weight excluding hydrogens is 190 g/mol. The summed E-state index contributed by atoms with van der Waals surface area (Å²) in [7, 11) is 0. The van der Waals surface area contributed by atoms with Gasteiger partial charge in [0.15, 0.2) is 0 Å². The molecule has 0 aromatic carbocycles. The minimum atomic E-state index is -0.638. The van der Waals surface area contributed by atoms with Crippen LogP contribution in [0.25, 0.3) is 0 Å². The highest BCUT2D eigenvalue weighted by atomic mass is 16.4. The van der Waals surface area contributed by atoms with Gasteiger partial charge in [0.05, 0.1) is 6.42 Å². The molecule has 1 N–H and O–H groups in total. The predicted molar refractivity (Wildman–Crippen MR) is 58.8 cm³/mol. The van der Waals surface area contributed by atoms with E-state index in [1.165, 1.54) is 32.1 Å². The second kappa shape index (κ2) is 4.97. The molecule has 1 aliphatic carbocycles. The van der Waals surface area contributed by atoms with Gasteiger partial charge >= 0.3 is 5.97 Å². The molecule has 1 heterocycles. The van der Waals surface area contributed by atoms with E-state index in [0.717, 1.165) is 25.4 Å². The van der Waals surface area contributed by atoms with E-state index in [2.05, 4.69) is 4.90 Å². The molecule has 1 atom stereocenters. The third-order valence-corrected chi connectivity index (χ3v) is 3.88. The van der Waals surface area contributed by atoms with Crippen LogP contribution in [0.2, 0.25) is 0 Å². The smallest absolute Gasteiger partial charge is 0.304 e. The van der Waals surface area contributed by atoms with Crippen molar-refractivity contribution < 1.29 is 9.90 Å². The first-order valence-electron chi connectivity index (χ1n) is 6.21. The minimum absolute atomic E-state index is 0.317. The van der Waals surface area contributed by atoms with Crippen molar-refractivity contribution in [2.75, 3.05) is 13.1 Å². The van der Waals surface area contributed by atoms with Crippen molar-refractivity contribution in [2.45, 2.75) is 51.0 Å². The largest absolute Gasteiger partial charge is 0.481 e. The Hall–Kier alpha value is -0.570. The van der Waals surface area contributed by atoms with Crippen LogP contribution in [0.4, 0.5) is 0 Å². The highest BCUT2D eigenvalue weighted by Crippen LogP contribution is 2.30.